The third kappa shape index (κ3) is 1.68. The molecule has 1 unspecified atom stereocenters. The van der Waals surface area contributed by atoms with Gasteiger partial charge in [0.05, 0.1) is 12.1 Å². The third-order valence-electron chi connectivity index (χ3n) is 5.10. The Labute approximate surface area is 124 Å². The number of rotatable bonds is 1. The molecule has 4 nitrogen and oxygen atoms in total. The van der Waals surface area contributed by atoms with Gasteiger partial charge in [0.15, 0.2) is 5.96 Å². The molecule has 2 bridgehead atoms. The highest BCUT2D eigenvalue weighted by Gasteiger charge is 2.54. The van der Waals surface area contributed by atoms with E-state index in [9.17, 15) is 0 Å². The Bertz CT molecular complexity index is 565. The molecule has 4 heterocycles. The van der Waals surface area contributed by atoms with Crippen molar-refractivity contribution in [1.29, 1.82) is 0 Å². The molecule has 4 aliphatic heterocycles. The number of guanidine groups is 1. The van der Waals surface area contributed by atoms with Crippen LogP contribution in [-0.2, 0) is 0 Å². The molecule has 0 aliphatic carbocycles. The second-order valence-corrected chi connectivity index (χ2v) is 6.58. The molecule has 1 atom stereocenters. The average Bonchev–Trinajstić information content (AvgIpc) is 2.77. The van der Waals surface area contributed by atoms with Crippen molar-refractivity contribution < 1.29 is 0 Å². The van der Waals surface area contributed by atoms with Crippen molar-refractivity contribution in [2.24, 2.45) is 16.6 Å². The molecule has 5 rings (SSSR count). The number of nitrogens with two attached hydrogens (primary N) is 1. The normalized spacial score (nSPS) is 35.6. The summed E-state index contributed by atoms with van der Waals surface area (Å²) >= 11 is 6.16. The van der Waals surface area contributed by atoms with Gasteiger partial charge in [-0.05, 0) is 50.0 Å². The predicted octanol–water partition coefficient (Wildman–Crippen LogP) is 1.94. The van der Waals surface area contributed by atoms with Crippen LogP contribution in [0, 0.1) is 5.92 Å². The van der Waals surface area contributed by atoms with Crippen LogP contribution in [0.2, 0.25) is 5.02 Å². The summed E-state index contributed by atoms with van der Waals surface area (Å²) in [6, 6.07) is 7.96. The molecule has 0 saturated carbocycles. The minimum Gasteiger partial charge on any atom is -0.369 e. The first kappa shape index (κ1) is 12.5. The van der Waals surface area contributed by atoms with Gasteiger partial charge in [-0.3, -0.25) is 4.99 Å². The van der Waals surface area contributed by atoms with Gasteiger partial charge >= 0.3 is 0 Å². The van der Waals surface area contributed by atoms with E-state index in [1.165, 1.54) is 25.9 Å². The molecule has 0 radical (unpaired) electrons. The largest absolute Gasteiger partial charge is 0.369 e. The zero-order chi connectivity index (χ0) is 13.7. The minimum atomic E-state index is 0.0469. The van der Waals surface area contributed by atoms with Gasteiger partial charge in [0.1, 0.15) is 0 Å². The fourth-order valence-corrected chi connectivity index (χ4v) is 4.35. The minimum absolute atomic E-state index is 0.0469. The lowest BCUT2D eigenvalue weighted by atomic mass is 9.72. The number of fused-ring (bicyclic) bond motifs is 2. The quantitative estimate of drug-likeness (QED) is 0.860. The number of aliphatic imine (C=N–C) groups is 1. The Balaban J connectivity index is 1.77. The van der Waals surface area contributed by atoms with Crippen molar-refractivity contribution in [3.05, 3.63) is 29.3 Å². The molecule has 0 amide bonds. The molecule has 1 aromatic rings. The summed E-state index contributed by atoms with van der Waals surface area (Å²) in [7, 11) is 0. The molecule has 4 aliphatic rings. The Kier molecular flexibility index (Phi) is 2.72. The lowest BCUT2D eigenvalue weighted by Crippen LogP contribution is -2.68. The monoisotopic (exact) mass is 290 g/mol. The van der Waals surface area contributed by atoms with Crippen LogP contribution in [-0.4, -0.2) is 42.6 Å². The van der Waals surface area contributed by atoms with Crippen LogP contribution in [0.25, 0.3) is 0 Å². The van der Waals surface area contributed by atoms with E-state index < -0.39 is 0 Å². The summed E-state index contributed by atoms with van der Waals surface area (Å²) in [6.07, 6.45) is 2.50. The van der Waals surface area contributed by atoms with Crippen LogP contribution >= 0.6 is 11.6 Å². The maximum absolute atomic E-state index is 6.21. The fourth-order valence-electron chi connectivity index (χ4n) is 4.17. The first-order chi connectivity index (χ1) is 9.69. The Morgan fingerprint density at radius 3 is 2.75 bits per heavy atom. The smallest absolute Gasteiger partial charge is 0.196 e. The molecule has 3 saturated heterocycles. The van der Waals surface area contributed by atoms with Crippen LogP contribution in [0.3, 0.4) is 0 Å². The summed E-state index contributed by atoms with van der Waals surface area (Å²) < 4.78 is 0. The standard InChI is InChI=1S/C15H19ClN4/c16-12-2-1-3-13(8-12)20-14(17)18-9-15(20)10-19-6-4-11(15)5-7-19/h1-3,8,11H,4-7,9-10H2,(H2,17,18). The molecule has 2 N–H and O–H groups in total. The summed E-state index contributed by atoms with van der Waals surface area (Å²) in [4.78, 5) is 9.36. The summed E-state index contributed by atoms with van der Waals surface area (Å²) in [6.45, 7) is 4.31. The number of hydrogen-bond acceptors (Lipinski definition) is 4. The van der Waals surface area contributed by atoms with Gasteiger partial charge in [-0.15, -0.1) is 0 Å². The Morgan fingerprint density at radius 2 is 2.10 bits per heavy atom. The van der Waals surface area contributed by atoms with Gasteiger partial charge in [0.2, 0.25) is 0 Å². The molecule has 106 valence electrons. The topological polar surface area (TPSA) is 44.9 Å². The van der Waals surface area contributed by atoms with Crippen molar-refractivity contribution in [2.45, 2.75) is 18.4 Å². The number of piperidine rings is 3. The summed E-state index contributed by atoms with van der Waals surface area (Å²) in [5.41, 5.74) is 7.33. The lowest BCUT2D eigenvalue weighted by molar-refractivity contribution is 0.0391. The third-order valence-corrected chi connectivity index (χ3v) is 5.34. The number of anilines is 1. The second kappa shape index (κ2) is 4.37. The maximum atomic E-state index is 6.21. The number of nitrogens with zero attached hydrogens (tertiary/aromatic N) is 3. The van der Waals surface area contributed by atoms with Gasteiger partial charge in [-0.25, -0.2) is 0 Å². The van der Waals surface area contributed by atoms with Gasteiger partial charge in [0.25, 0.3) is 0 Å². The van der Waals surface area contributed by atoms with Crippen molar-refractivity contribution >= 4 is 23.2 Å². The molecular formula is C15H19ClN4. The predicted molar refractivity (Wildman–Crippen MR) is 82.3 cm³/mol. The average molecular weight is 291 g/mol. The summed E-state index contributed by atoms with van der Waals surface area (Å²) in [5.74, 6) is 1.32. The van der Waals surface area contributed by atoms with Crippen LogP contribution in [0.15, 0.2) is 29.3 Å². The van der Waals surface area contributed by atoms with Gasteiger partial charge in [0, 0.05) is 17.3 Å². The van der Waals surface area contributed by atoms with Crippen molar-refractivity contribution in [3.8, 4) is 0 Å². The van der Waals surface area contributed by atoms with Crippen LogP contribution in [0.4, 0.5) is 5.69 Å². The first-order valence-electron chi connectivity index (χ1n) is 7.27. The van der Waals surface area contributed by atoms with E-state index in [-0.39, 0.29) is 5.54 Å². The molecule has 1 spiro atoms. The molecule has 0 aromatic heterocycles. The SMILES string of the molecule is NC1=NCC2(CN3CCC2CC3)N1c1cccc(Cl)c1. The van der Waals surface area contributed by atoms with E-state index in [0.29, 0.717) is 11.9 Å². The molecular weight excluding hydrogens is 272 g/mol. The second-order valence-electron chi connectivity index (χ2n) is 6.14. The molecule has 5 heteroatoms. The van der Waals surface area contributed by atoms with E-state index in [0.717, 1.165) is 23.8 Å². The fraction of sp³-hybridized carbons (Fsp3) is 0.533. The highest BCUT2D eigenvalue weighted by Crippen LogP contribution is 2.44. The van der Waals surface area contributed by atoms with E-state index in [4.69, 9.17) is 17.3 Å². The zero-order valence-electron chi connectivity index (χ0n) is 11.4. The zero-order valence-corrected chi connectivity index (χ0v) is 12.2. The van der Waals surface area contributed by atoms with E-state index in [1.54, 1.807) is 0 Å². The van der Waals surface area contributed by atoms with Crippen LogP contribution in [0.1, 0.15) is 12.8 Å². The lowest BCUT2D eigenvalue weighted by Gasteiger charge is -2.55. The van der Waals surface area contributed by atoms with Gasteiger partial charge in [-0.1, -0.05) is 17.7 Å². The van der Waals surface area contributed by atoms with E-state index in [1.807, 2.05) is 18.2 Å². The highest BCUT2D eigenvalue weighted by molar-refractivity contribution is 6.31. The number of halogens is 1. The summed E-state index contributed by atoms with van der Waals surface area (Å²) in [5, 5.41) is 0.749. The highest BCUT2D eigenvalue weighted by atomic mass is 35.5. The molecule has 1 aromatic carbocycles. The van der Waals surface area contributed by atoms with Crippen molar-refractivity contribution in [2.75, 3.05) is 31.1 Å². The van der Waals surface area contributed by atoms with Gasteiger partial charge in [-0.2, -0.15) is 0 Å². The molecule has 3 fully saturated rings. The first-order valence-corrected chi connectivity index (χ1v) is 7.65. The molecule has 20 heavy (non-hydrogen) atoms. The number of hydrogen-bond donors (Lipinski definition) is 1. The van der Waals surface area contributed by atoms with E-state index in [2.05, 4.69) is 20.9 Å². The Morgan fingerprint density at radius 1 is 1.30 bits per heavy atom. The van der Waals surface area contributed by atoms with E-state index >= 15 is 0 Å². The van der Waals surface area contributed by atoms with Crippen molar-refractivity contribution in [1.82, 2.24) is 4.90 Å². The number of benzene rings is 1. The Hall–Kier alpha value is -1.26. The van der Waals surface area contributed by atoms with Crippen LogP contribution < -0.4 is 10.6 Å². The van der Waals surface area contributed by atoms with Gasteiger partial charge < -0.3 is 15.5 Å². The van der Waals surface area contributed by atoms with Crippen LogP contribution in [0.5, 0.6) is 0 Å². The van der Waals surface area contributed by atoms with Crippen molar-refractivity contribution in [3.63, 3.8) is 0 Å². The maximum Gasteiger partial charge on any atom is 0.196 e.